The van der Waals surface area contributed by atoms with Crippen LogP contribution in [0.1, 0.15) is 18.4 Å². The summed E-state index contributed by atoms with van der Waals surface area (Å²) in [5, 5.41) is -0.424. The summed E-state index contributed by atoms with van der Waals surface area (Å²) >= 11 is 0. The molecule has 0 radical (unpaired) electrons. The first-order valence-electron chi connectivity index (χ1n) is 6.20. The maximum absolute atomic E-state index is 12.2. The molecule has 4 N–H and O–H groups in total. The molecule has 4 nitrogen and oxygen atoms in total. The summed E-state index contributed by atoms with van der Waals surface area (Å²) in [7, 11) is -3.11. The molecule has 2 rings (SSSR count). The highest BCUT2D eigenvalue weighted by molar-refractivity contribution is 7.92. The molecule has 2 atom stereocenters. The van der Waals surface area contributed by atoms with E-state index < -0.39 is 20.5 Å². The highest BCUT2D eigenvalue weighted by atomic mass is 32.2. The zero-order valence-corrected chi connectivity index (χ0v) is 11.4. The van der Waals surface area contributed by atoms with Gasteiger partial charge in [0.05, 0.1) is 5.25 Å². The quantitative estimate of drug-likeness (QED) is 0.814. The van der Waals surface area contributed by atoms with Crippen molar-refractivity contribution < 1.29 is 8.42 Å². The fraction of sp³-hybridized carbons (Fsp3) is 0.538. The van der Waals surface area contributed by atoms with Crippen LogP contribution in [0, 0.1) is 5.41 Å². The largest absolute Gasteiger partial charge is 0.330 e. The molecule has 100 valence electrons. The first kappa shape index (κ1) is 13.5. The van der Waals surface area contributed by atoms with Crippen molar-refractivity contribution in [1.29, 1.82) is 0 Å². The maximum atomic E-state index is 12.2. The lowest BCUT2D eigenvalue weighted by Gasteiger charge is -2.12. The second-order valence-corrected chi connectivity index (χ2v) is 7.31. The molecular formula is C13H20N2O2S. The summed E-state index contributed by atoms with van der Waals surface area (Å²) in [4.78, 5) is 0. The maximum Gasteiger partial charge on any atom is 0.154 e. The van der Waals surface area contributed by atoms with E-state index in [-0.39, 0.29) is 11.7 Å². The van der Waals surface area contributed by atoms with Gasteiger partial charge >= 0.3 is 0 Å². The van der Waals surface area contributed by atoms with Crippen molar-refractivity contribution >= 4 is 9.84 Å². The van der Waals surface area contributed by atoms with Crippen molar-refractivity contribution in [2.24, 2.45) is 16.9 Å². The standard InChI is InChI=1S/C13H20N2O2S/c1-2-18(16,17)12-11(13(12,8-14)9-15)10-6-4-3-5-7-10/h3-7,11-12H,2,8-9,14-15H2,1H3/t11-,12-/m1/s1. The van der Waals surface area contributed by atoms with Gasteiger partial charge in [-0.25, -0.2) is 8.42 Å². The molecule has 0 spiro atoms. The Labute approximate surface area is 108 Å². The third-order valence-corrected chi connectivity index (χ3v) is 6.41. The monoisotopic (exact) mass is 268 g/mol. The highest BCUT2D eigenvalue weighted by Gasteiger charge is 2.68. The van der Waals surface area contributed by atoms with Crippen LogP contribution in [0.3, 0.4) is 0 Å². The van der Waals surface area contributed by atoms with E-state index in [1.807, 2.05) is 30.3 Å². The zero-order chi connectivity index (χ0) is 13.4. The van der Waals surface area contributed by atoms with Gasteiger partial charge in [-0.1, -0.05) is 37.3 Å². The van der Waals surface area contributed by atoms with Gasteiger partial charge in [0, 0.05) is 30.2 Å². The highest BCUT2D eigenvalue weighted by Crippen LogP contribution is 2.61. The number of rotatable bonds is 5. The van der Waals surface area contributed by atoms with E-state index in [1.54, 1.807) is 6.92 Å². The molecular weight excluding hydrogens is 248 g/mol. The molecule has 0 aromatic heterocycles. The first-order chi connectivity index (χ1) is 8.53. The molecule has 1 fully saturated rings. The molecule has 5 heteroatoms. The van der Waals surface area contributed by atoms with Gasteiger partial charge in [0.1, 0.15) is 0 Å². The summed E-state index contributed by atoms with van der Waals surface area (Å²) in [6, 6.07) is 9.66. The molecule has 0 amide bonds. The fourth-order valence-corrected chi connectivity index (χ4v) is 5.11. The predicted molar refractivity (Wildman–Crippen MR) is 73.0 cm³/mol. The Hall–Kier alpha value is -0.910. The Kier molecular flexibility index (Phi) is 3.49. The number of sulfone groups is 1. The Balaban J connectivity index is 2.42. The van der Waals surface area contributed by atoms with Gasteiger partial charge in [-0.15, -0.1) is 0 Å². The van der Waals surface area contributed by atoms with E-state index in [1.165, 1.54) is 0 Å². The number of benzene rings is 1. The summed E-state index contributed by atoms with van der Waals surface area (Å²) < 4.78 is 24.3. The third-order valence-electron chi connectivity index (χ3n) is 4.09. The van der Waals surface area contributed by atoms with Crippen LogP contribution in [-0.2, 0) is 9.84 Å². The Bertz CT molecular complexity index is 509. The Morgan fingerprint density at radius 1 is 1.17 bits per heavy atom. The minimum Gasteiger partial charge on any atom is -0.330 e. The average molecular weight is 268 g/mol. The van der Waals surface area contributed by atoms with Gasteiger partial charge in [-0.2, -0.15) is 0 Å². The lowest BCUT2D eigenvalue weighted by Crippen LogP contribution is -2.31. The van der Waals surface area contributed by atoms with E-state index in [0.717, 1.165) is 5.56 Å². The second-order valence-electron chi connectivity index (χ2n) is 4.90. The van der Waals surface area contributed by atoms with Crippen LogP contribution >= 0.6 is 0 Å². The van der Waals surface area contributed by atoms with Gasteiger partial charge < -0.3 is 11.5 Å². The Morgan fingerprint density at radius 3 is 2.17 bits per heavy atom. The number of hydrogen-bond donors (Lipinski definition) is 2. The summed E-state index contributed by atoms with van der Waals surface area (Å²) in [6.45, 7) is 2.30. The van der Waals surface area contributed by atoms with E-state index in [9.17, 15) is 8.42 Å². The molecule has 1 aromatic rings. The normalized spacial score (nSPS) is 25.9. The molecule has 18 heavy (non-hydrogen) atoms. The minimum absolute atomic E-state index is 0.0568. The van der Waals surface area contributed by atoms with E-state index >= 15 is 0 Å². The van der Waals surface area contributed by atoms with Crippen molar-refractivity contribution in [2.75, 3.05) is 18.8 Å². The summed E-state index contributed by atoms with van der Waals surface area (Å²) in [5.74, 6) is 0.0848. The van der Waals surface area contributed by atoms with Gasteiger partial charge in [0.2, 0.25) is 0 Å². The van der Waals surface area contributed by atoms with Crippen LogP contribution in [0.5, 0.6) is 0 Å². The lowest BCUT2D eigenvalue weighted by molar-refractivity contribution is 0.510. The van der Waals surface area contributed by atoms with Crippen molar-refractivity contribution in [2.45, 2.75) is 18.1 Å². The van der Waals surface area contributed by atoms with Gasteiger partial charge in [-0.3, -0.25) is 0 Å². The molecule has 1 saturated carbocycles. The molecule has 0 aliphatic heterocycles. The van der Waals surface area contributed by atoms with Crippen molar-refractivity contribution in [3.05, 3.63) is 35.9 Å². The lowest BCUT2D eigenvalue weighted by atomic mass is 9.99. The molecule has 1 aromatic carbocycles. The zero-order valence-electron chi connectivity index (χ0n) is 10.5. The van der Waals surface area contributed by atoms with Gasteiger partial charge in [0.15, 0.2) is 9.84 Å². The molecule has 0 unspecified atom stereocenters. The fourth-order valence-electron chi connectivity index (χ4n) is 2.93. The molecule has 0 saturated heterocycles. The third kappa shape index (κ3) is 1.86. The van der Waals surface area contributed by atoms with Crippen LogP contribution < -0.4 is 11.5 Å². The Morgan fingerprint density at radius 2 is 1.72 bits per heavy atom. The minimum atomic E-state index is -3.11. The first-order valence-corrected chi connectivity index (χ1v) is 7.91. The van der Waals surface area contributed by atoms with Gasteiger partial charge in [-0.05, 0) is 5.56 Å². The molecule has 0 bridgehead atoms. The number of nitrogens with two attached hydrogens (primary N) is 2. The van der Waals surface area contributed by atoms with Crippen LogP contribution in [0.25, 0.3) is 0 Å². The van der Waals surface area contributed by atoms with Crippen molar-refractivity contribution in [1.82, 2.24) is 0 Å². The van der Waals surface area contributed by atoms with Crippen LogP contribution in [0.2, 0.25) is 0 Å². The van der Waals surface area contributed by atoms with Crippen molar-refractivity contribution in [3.63, 3.8) is 0 Å². The molecule has 1 aliphatic carbocycles. The topological polar surface area (TPSA) is 86.2 Å². The molecule has 0 heterocycles. The SMILES string of the molecule is CCS(=O)(=O)[C@@H]1[C@@H](c2ccccc2)C1(CN)CN. The average Bonchev–Trinajstić information content (AvgIpc) is 3.10. The van der Waals surface area contributed by atoms with E-state index in [2.05, 4.69) is 0 Å². The van der Waals surface area contributed by atoms with Crippen LogP contribution in [0.4, 0.5) is 0 Å². The summed E-state index contributed by atoms with van der Waals surface area (Å²) in [5.41, 5.74) is 12.2. The van der Waals surface area contributed by atoms with Crippen LogP contribution in [-0.4, -0.2) is 32.5 Å². The van der Waals surface area contributed by atoms with Crippen molar-refractivity contribution in [3.8, 4) is 0 Å². The summed E-state index contributed by atoms with van der Waals surface area (Å²) in [6.07, 6.45) is 0. The smallest absolute Gasteiger partial charge is 0.154 e. The predicted octanol–water partition coefficient (Wildman–Crippen LogP) is 0.491. The van der Waals surface area contributed by atoms with E-state index in [0.29, 0.717) is 13.1 Å². The van der Waals surface area contributed by atoms with Crippen LogP contribution in [0.15, 0.2) is 30.3 Å². The second kappa shape index (κ2) is 4.64. The van der Waals surface area contributed by atoms with E-state index in [4.69, 9.17) is 11.5 Å². The molecule has 1 aliphatic rings. The van der Waals surface area contributed by atoms with Gasteiger partial charge in [0.25, 0.3) is 0 Å². The number of hydrogen-bond acceptors (Lipinski definition) is 4.